The van der Waals surface area contributed by atoms with Gasteiger partial charge < -0.3 is 19.7 Å². The summed E-state index contributed by atoms with van der Waals surface area (Å²) in [5.74, 6) is -0.653. The lowest BCUT2D eigenvalue weighted by atomic mass is 9.36. The highest BCUT2D eigenvalue weighted by Gasteiger charge is 2.70. The zero-order chi connectivity index (χ0) is 38.5. The van der Waals surface area contributed by atoms with Crippen molar-refractivity contribution in [2.75, 3.05) is 0 Å². The number of nitrogens with zero attached hydrogens (tertiary/aromatic N) is 4. The molecule has 0 amide bonds. The van der Waals surface area contributed by atoms with Crippen LogP contribution in [0.1, 0.15) is 111 Å². The minimum absolute atomic E-state index is 0.00281. The Bertz CT molecular complexity index is 1780. The number of aliphatic hydroxyl groups is 2. The quantitative estimate of drug-likeness (QED) is 0.0865. The van der Waals surface area contributed by atoms with Crippen LogP contribution >= 0.6 is 0 Å². The van der Waals surface area contributed by atoms with Crippen LogP contribution in [0.4, 0.5) is 5.69 Å². The lowest BCUT2D eigenvalue weighted by molar-refractivity contribution is -0.384. The molecule has 6 rings (SSSR count). The van der Waals surface area contributed by atoms with Crippen molar-refractivity contribution in [1.82, 2.24) is 15.0 Å². The number of nitro benzene ring substituents is 1. The summed E-state index contributed by atoms with van der Waals surface area (Å²) in [6.07, 6.45) is 7.60. The van der Waals surface area contributed by atoms with Gasteiger partial charge in [0.05, 0.1) is 29.9 Å². The first kappa shape index (κ1) is 38.8. The maximum atomic E-state index is 14.3. The number of fused-ring (bicyclic) bond motifs is 5. The molecule has 1 aromatic heterocycles. The minimum Gasteiger partial charge on any atom is -0.458 e. The second kappa shape index (κ2) is 14.7. The van der Waals surface area contributed by atoms with Gasteiger partial charge in [0.1, 0.15) is 18.4 Å². The van der Waals surface area contributed by atoms with Gasteiger partial charge in [-0.2, -0.15) is 0 Å². The summed E-state index contributed by atoms with van der Waals surface area (Å²) in [4.78, 5) is 37.5. The molecule has 0 saturated heterocycles. The second-order valence-electron chi connectivity index (χ2n) is 17.2. The van der Waals surface area contributed by atoms with Crippen LogP contribution in [0.25, 0.3) is 0 Å². The fourth-order valence-electron chi connectivity index (χ4n) is 11.4. The maximum absolute atomic E-state index is 14.3. The molecule has 12 nitrogen and oxygen atoms in total. The molecule has 4 saturated carbocycles. The SMILES string of the molecule is CC(=O)O[C@H]1C[C@@]2(C)[C@@H](C[C@@H](O)[C@H]3[C@@]4(C)CC[C@@H](O)[C@@H](C)[C@@H]4CC[C@@]32C)/C1=C(\CCC=C(C)C)C(=O)OCc1cn(Cc2ccc([N+](=O)[O-])cc2)nn1. The standard InChI is InChI=1S/C41H56N4O8/c1-24(2)9-8-10-30(38(49)52-23-28-22-44(43-42-28)21-27-11-13-29(14-12-27)45(50)51)36-32-19-34(48)37-39(5)17-16-33(47)25(3)31(39)15-18-40(37,6)41(32,7)20-35(36)53-26(4)46/h9,11-14,22,25,31-35,37,47-48H,8,10,15-21,23H2,1-7H3/b36-30-/t25-,31-,32-,33+,34+,35-,37-,39-,40-,41-/m0/s1. The van der Waals surface area contributed by atoms with Crippen LogP contribution in [0, 0.1) is 50.0 Å². The molecule has 0 unspecified atom stereocenters. The van der Waals surface area contributed by atoms with E-state index in [1.807, 2.05) is 13.8 Å². The van der Waals surface area contributed by atoms with Crippen molar-refractivity contribution < 1.29 is 34.2 Å². The Morgan fingerprint density at radius 2 is 1.77 bits per heavy atom. The third-order valence-electron chi connectivity index (χ3n) is 14.0. The molecule has 4 fully saturated rings. The van der Waals surface area contributed by atoms with Crippen LogP contribution in [0.15, 0.2) is 53.3 Å². The number of esters is 2. The molecule has 0 aliphatic heterocycles. The van der Waals surface area contributed by atoms with Gasteiger partial charge in [0.2, 0.25) is 0 Å². The molecule has 10 atom stereocenters. The van der Waals surface area contributed by atoms with Gasteiger partial charge in [-0.25, -0.2) is 9.48 Å². The highest BCUT2D eigenvalue weighted by molar-refractivity contribution is 5.90. The highest BCUT2D eigenvalue weighted by atomic mass is 16.6. The highest BCUT2D eigenvalue weighted by Crippen LogP contribution is 2.74. The van der Waals surface area contributed by atoms with E-state index in [1.165, 1.54) is 19.1 Å². The molecule has 53 heavy (non-hydrogen) atoms. The summed E-state index contributed by atoms with van der Waals surface area (Å²) in [5, 5.41) is 42.5. The largest absolute Gasteiger partial charge is 0.458 e. The lowest BCUT2D eigenvalue weighted by Crippen LogP contribution is -2.65. The van der Waals surface area contributed by atoms with Crippen molar-refractivity contribution in [2.45, 2.75) is 131 Å². The summed E-state index contributed by atoms with van der Waals surface area (Å²) >= 11 is 0. The molecule has 12 heteroatoms. The van der Waals surface area contributed by atoms with Crippen LogP contribution in [0.3, 0.4) is 0 Å². The van der Waals surface area contributed by atoms with Crippen LogP contribution in [0.2, 0.25) is 0 Å². The normalized spacial score (nSPS) is 35.7. The molecule has 2 N–H and O–H groups in total. The predicted molar refractivity (Wildman–Crippen MR) is 197 cm³/mol. The van der Waals surface area contributed by atoms with Crippen LogP contribution < -0.4 is 0 Å². The molecule has 2 aromatic rings. The Hall–Kier alpha value is -3.90. The zero-order valence-electron chi connectivity index (χ0n) is 32.2. The van der Waals surface area contributed by atoms with E-state index in [4.69, 9.17) is 9.47 Å². The van der Waals surface area contributed by atoms with Gasteiger partial charge in [-0.05, 0) is 116 Å². The van der Waals surface area contributed by atoms with Crippen molar-refractivity contribution in [2.24, 2.45) is 39.9 Å². The maximum Gasteiger partial charge on any atom is 0.334 e. The number of carbonyl (C=O) groups is 2. The zero-order valence-corrected chi connectivity index (χ0v) is 32.2. The Labute approximate surface area is 312 Å². The molecule has 1 heterocycles. The first-order valence-corrected chi connectivity index (χ1v) is 19.2. The van der Waals surface area contributed by atoms with E-state index < -0.39 is 29.1 Å². The van der Waals surface area contributed by atoms with Gasteiger partial charge in [-0.15, -0.1) is 5.10 Å². The van der Waals surface area contributed by atoms with E-state index in [-0.39, 0.29) is 52.4 Å². The van der Waals surface area contributed by atoms with Crippen molar-refractivity contribution in [3.63, 3.8) is 0 Å². The monoisotopic (exact) mass is 732 g/mol. The Morgan fingerprint density at radius 1 is 1.06 bits per heavy atom. The number of benzene rings is 1. The van der Waals surface area contributed by atoms with Gasteiger partial charge in [-0.3, -0.25) is 14.9 Å². The molecule has 1 aromatic carbocycles. The summed E-state index contributed by atoms with van der Waals surface area (Å²) in [5.41, 5.74) is 2.82. The Balaban J connectivity index is 1.31. The average Bonchev–Trinajstić information content (AvgIpc) is 3.65. The van der Waals surface area contributed by atoms with Crippen LogP contribution in [-0.2, 0) is 32.2 Å². The van der Waals surface area contributed by atoms with Crippen LogP contribution in [0.5, 0.6) is 0 Å². The van der Waals surface area contributed by atoms with Crippen molar-refractivity contribution >= 4 is 17.6 Å². The average molecular weight is 733 g/mol. The number of rotatable bonds is 10. The van der Waals surface area contributed by atoms with E-state index in [1.54, 1.807) is 23.0 Å². The van der Waals surface area contributed by atoms with Gasteiger partial charge in [0.15, 0.2) is 0 Å². The number of aromatic nitrogens is 3. The van der Waals surface area contributed by atoms with Gasteiger partial charge >= 0.3 is 11.9 Å². The lowest BCUT2D eigenvalue weighted by Gasteiger charge is -2.69. The molecule has 0 bridgehead atoms. The first-order chi connectivity index (χ1) is 25.0. The van der Waals surface area contributed by atoms with E-state index in [0.717, 1.165) is 42.4 Å². The number of ether oxygens (including phenoxy) is 2. The number of hydrogen-bond donors (Lipinski definition) is 2. The molecular formula is C41H56N4O8. The third kappa shape index (κ3) is 7.09. The fraction of sp³-hybridized carbons (Fsp3) is 0.659. The summed E-state index contributed by atoms with van der Waals surface area (Å²) in [6.45, 7) is 14.7. The smallest absolute Gasteiger partial charge is 0.334 e. The summed E-state index contributed by atoms with van der Waals surface area (Å²) in [7, 11) is 0. The number of aliphatic hydroxyl groups excluding tert-OH is 2. The molecular weight excluding hydrogens is 676 g/mol. The summed E-state index contributed by atoms with van der Waals surface area (Å²) < 4.78 is 13.7. The Morgan fingerprint density at radius 3 is 2.43 bits per heavy atom. The van der Waals surface area contributed by atoms with Crippen molar-refractivity contribution in [1.29, 1.82) is 0 Å². The van der Waals surface area contributed by atoms with Crippen LogP contribution in [-0.4, -0.2) is 60.4 Å². The van der Waals surface area contributed by atoms with E-state index in [9.17, 15) is 29.9 Å². The third-order valence-corrected chi connectivity index (χ3v) is 14.0. The van der Waals surface area contributed by atoms with E-state index >= 15 is 0 Å². The minimum atomic E-state index is -0.625. The topological polar surface area (TPSA) is 167 Å². The van der Waals surface area contributed by atoms with Gasteiger partial charge in [-0.1, -0.05) is 56.7 Å². The Kier molecular flexibility index (Phi) is 10.8. The molecule has 4 aliphatic carbocycles. The summed E-state index contributed by atoms with van der Waals surface area (Å²) in [6, 6.07) is 6.21. The fourth-order valence-corrected chi connectivity index (χ4v) is 11.4. The number of hydrogen-bond acceptors (Lipinski definition) is 10. The predicted octanol–water partition coefficient (Wildman–Crippen LogP) is 6.87. The number of nitro groups is 1. The first-order valence-electron chi connectivity index (χ1n) is 19.2. The van der Waals surface area contributed by atoms with Crippen molar-refractivity contribution in [3.05, 3.63) is 74.6 Å². The van der Waals surface area contributed by atoms with E-state index in [0.29, 0.717) is 49.4 Å². The van der Waals surface area contributed by atoms with E-state index in [2.05, 4.69) is 44.1 Å². The molecule has 0 spiro atoms. The van der Waals surface area contributed by atoms with Gasteiger partial charge in [0, 0.05) is 24.6 Å². The molecule has 0 radical (unpaired) electrons. The molecule has 4 aliphatic rings. The van der Waals surface area contributed by atoms with Gasteiger partial charge in [0.25, 0.3) is 5.69 Å². The number of allylic oxidation sites excluding steroid dienone is 2. The van der Waals surface area contributed by atoms with Crippen molar-refractivity contribution in [3.8, 4) is 0 Å². The molecule has 288 valence electrons. The number of carbonyl (C=O) groups excluding carboxylic acids is 2. The second-order valence-corrected chi connectivity index (χ2v) is 17.2. The number of non-ortho nitro benzene ring substituents is 1.